The number of carboxylic acids is 1. The number of benzene rings is 4. The second kappa shape index (κ2) is 100. The maximum atomic E-state index is 13.2. The molecule has 0 radical (unpaired) electrons. The molecule has 0 heterocycles. The molecule has 0 saturated carbocycles. The summed E-state index contributed by atoms with van der Waals surface area (Å²) in [4.78, 5) is 73.6. The number of carbonyl (C=O) groups is 6. The number of carboxylic acid groups (broad SMARTS) is 1. The van der Waals surface area contributed by atoms with Gasteiger partial charge >= 0.3 is 24.1 Å². The number of aliphatic carboxylic acids is 1. The minimum Gasteiger partial charge on any atom is -0.492 e. The maximum Gasteiger partial charge on any atom is 0.407 e. The zero-order valence-electron chi connectivity index (χ0n) is 87.4. The van der Waals surface area contributed by atoms with Crippen molar-refractivity contribution in [1.82, 2.24) is 31.9 Å². The summed E-state index contributed by atoms with van der Waals surface area (Å²) in [6, 6.07) is 31.4. The summed E-state index contributed by atoms with van der Waals surface area (Å²) < 4.78 is 160. The summed E-state index contributed by atoms with van der Waals surface area (Å²) in [7, 11) is 0. The van der Waals surface area contributed by atoms with Crippen LogP contribution in [0.1, 0.15) is 143 Å². The first-order valence-electron chi connectivity index (χ1n) is 49.5. The molecule has 0 bridgehead atoms. The number of esters is 1. The van der Waals surface area contributed by atoms with Gasteiger partial charge in [0.1, 0.15) is 68.2 Å². The molecule has 145 heavy (non-hydrogen) atoms. The molecule has 4 aromatic rings. The monoisotopic (exact) mass is 2080 g/mol. The predicted molar refractivity (Wildman–Crippen MR) is 532 cm³/mol. The summed E-state index contributed by atoms with van der Waals surface area (Å²) in [5.74, 6) is -1.46. The van der Waals surface area contributed by atoms with Crippen molar-refractivity contribution in [3.63, 3.8) is 0 Å². The Hall–Kier alpha value is -8.22. The van der Waals surface area contributed by atoms with Gasteiger partial charge in [-0.15, -0.1) is 0 Å². The molecule has 4 amide bonds. The molecule has 44 heteroatoms. The van der Waals surface area contributed by atoms with Crippen molar-refractivity contribution in [2.45, 2.75) is 170 Å². The van der Waals surface area contributed by atoms with Crippen molar-refractivity contribution in [3.05, 3.63) is 131 Å². The molecule has 8 N–H and O–H groups in total. The maximum absolute atomic E-state index is 13.2. The Morgan fingerprint density at radius 1 is 0.297 bits per heavy atom. The minimum atomic E-state index is -1.18. The number of hydrogen-bond acceptors (Lipinski definition) is 39. The van der Waals surface area contributed by atoms with Gasteiger partial charge in [-0.2, -0.15) is 0 Å². The molecule has 4 rings (SSSR count). The highest BCUT2D eigenvalue weighted by Crippen LogP contribution is 2.18. The van der Waals surface area contributed by atoms with E-state index in [2.05, 4.69) is 64.8 Å². The first kappa shape index (κ1) is 135. The van der Waals surface area contributed by atoms with E-state index >= 15 is 0 Å². The largest absolute Gasteiger partial charge is 0.492 e. The summed E-state index contributed by atoms with van der Waals surface area (Å²) in [5, 5.41) is 34.3. The molecule has 0 fully saturated rings. The number of aliphatic hydroxyl groups is 1. The van der Waals surface area contributed by atoms with Gasteiger partial charge in [0, 0.05) is 32.5 Å². The molecule has 0 aromatic heterocycles. The van der Waals surface area contributed by atoms with Gasteiger partial charge in [-0.25, -0.2) is 19.2 Å². The lowest BCUT2D eigenvalue weighted by Gasteiger charge is -2.19. The molecule has 44 nitrogen and oxygen atoms in total. The van der Waals surface area contributed by atoms with Gasteiger partial charge in [-0.1, -0.05) is 125 Å². The summed E-state index contributed by atoms with van der Waals surface area (Å²) in [6.07, 6.45) is 5.90. The molecule has 0 unspecified atom stereocenters. The Labute approximate surface area is 857 Å². The number of carbonyl (C=O) groups excluding carboxylic acids is 5. The van der Waals surface area contributed by atoms with Crippen LogP contribution in [-0.2, 0) is 178 Å². The number of ether oxygens (including phenoxy) is 30. The molecule has 0 saturated heterocycles. The highest BCUT2D eigenvalue weighted by atomic mass is 16.8. The van der Waals surface area contributed by atoms with Gasteiger partial charge in [0.2, 0.25) is 11.8 Å². The van der Waals surface area contributed by atoms with Crippen molar-refractivity contribution in [1.29, 1.82) is 0 Å². The van der Waals surface area contributed by atoms with Crippen LogP contribution in [0.4, 0.5) is 9.59 Å². The van der Waals surface area contributed by atoms with E-state index in [1.54, 1.807) is 77.9 Å². The van der Waals surface area contributed by atoms with Gasteiger partial charge in [0.05, 0.1) is 198 Å². The van der Waals surface area contributed by atoms with E-state index in [0.29, 0.717) is 182 Å². The van der Waals surface area contributed by atoms with Crippen molar-refractivity contribution in [3.8, 4) is 11.5 Å². The van der Waals surface area contributed by atoms with Crippen LogP contribution in [0.25, 0.3) is 0 Å². The van der Waals surface area contributed by atoms with Gasteiger partial charge in [-0.05, 0) is 127 Å². The van der Waals surface area contributed by atoms with Gasteiger partial charge in [-0.3, -0.25) is 20.2 Å². The third-order valence-corrected chi connectivity index (χ3v) is 17.7. The highest BCUT2D eigenvalue weighted by Gasteiger charge is 2.25. The number of alkyl carbamates (subject to hydrolysis) is 2. The SMILES string of the molecule is CCCCNCO.CCCCNCOCc1ccccc1.CCCOCCOCCOCCOCCOCCOCCOCCOCCOCCOCCOCCOCCC(=O)N[C@@H](Cc1ccc(OCCNC(=O)OC(C)(C)C)cc1)C(=O)OCc1ccccc1.CCCOCOCOCOCOCOCOCOCOCOCOCOCCC(=O)N[C@@H](Cc1ccc(OCCNC(=O)OC(C)(C)C)cc1)C(=O)O. The standard InChI is InChI=1S/C51H84N2O18.C33H56N2O18.C12H19NO.C5H13NO/c1-5-17-57-20-22-59-24-26-61-28-30-63-32-34-65-36-38-67-40-41-68-39-37-66-35-33-64-31-29-62-27-25-60-23-21-58-18-15-48(54)53-47(49(55)70-43-45-9-7-6-8-10-45)42-44-11-13-46(14-12-44)69-19-16-52-50(56)71-51(2,3)4;1-5-12-40-16-42-18-44-20-46-22-48-24-50-26-51-25-49-23-47-21-45-19-43-17-41-13-10-30(36)35-29(31(37)38)15-27-6-8-28(9-7-27)52-14-11-34-32(39)53-33(2,3)4;1-2-3-9-13-11-14-10-12-7-5-4-6-8-12;1-2-3-4-6-5-7/h6-14,47H,5,15-43H2,1-4H3,(H,52,56)(H,53,54);6-9,29H,5,10-26H2,1-4H3,(H,34,39)(H,35,36)(H,37,38);4-8,13H,2-3,9-11H2,1H3;6-7H,2-5H2,1H3/t47-;29-;;/m00../s1. The van der Waals surface area contributed by atoms with E-state index < -0.39 is 53.3 Å². The topological polar surface area (TPSA) is 492 Å². The van der Waals surface area contributed by atoms with Crippen LogP contribution in [0.2, 0.25) is 0 Å². The molecule has 4 aromatic carbocycles. The molecule has 834 valence electrons. The number of aliphatic hydroxyl groups excluding tert-OH is 1. The number of unbranched alkanes of at least 4 members (excludes halogenated alkanes) is 2. The van der Waals surface area contributed by atoms with Crippen LogP contribution in [0, 0.1) is 0 Å². The van der Waals surface area contributed by atoms with Crippen LogP contribution < -0.4 is 41.4 Å². The van der Waals surface area contributed by atoms with E-state index in [-0.39, 0.29) is 159 Å². The van der Waals surface area contributed by atoms with Crippen LogP contribution in [0.5, 0.6) is 11.5 Å². The zero-order valence-corrected chi connectivity index (χ0v) is 87.4. The first-order valence-corrected chi connectivity index (χ1v) is 49.5. The Balaban J connectivity index is 0.00000123. The third kappa shape index (κ3) is 95.2. The van der Waals surface area contributed by atoms with Crippen LogP contribution in [0.3, 0.4) is 0 Å². The summed E-state index contributed by atoms with van der Waals surface area (Å²) in [5.41, 5.74) is 2.35. The average molecular weight is 2080 g/mol. The minimum absolute atomic E-state index is 0.000673. The second-order valence-electron chi connectivity index (χ2n) is 32.8. The molecule has 0 aliphatic carbocycles. The van der Waals surface area contributed by atoms with E-state index in [4.69, 9.17) is 147 Å². The number of amides is 4. The van der Waals surface area contributed by atoms with Crippen LogP contribution in [-0.4, -0.2) is 369 Å². The quantitative estimate of drug-likeness (QED) is 0.00882. The second-order valence-corrected chi connectivity index (χ2v) is 32.8. The molecular formula is C101H172N6O38. The van der Waals surface area contributed by atoms with Crippen molar-refractivity contribution in [2.24, 2.45) is 0 Å². The van der Waals surface area contributed by atoms with Gasteiger partial charge in [0.25, 0.3) is 0 Å². The predicted octanol–water partition coefficient (Wildman–Crippen LogP) is 9.47. The van der Waals surface area contributed by atoms with E-state index in [1.165, 1.54) is 24.8 Å². The Morgan fingerprint density at radius 3 is 0.910 bits per heavy atom. The Morgan fingerprint density at radius 2 is 0.586 bits per heavy atom. The van der Waals surface area contributed by atoms with E-state index in [1.807, 2.05) is 67.6 Å². The smallest absolute Gasteiger partial charge is 0.407 e. The highest BCUT2D eigenvalue weighted by molar-refractivity contribution is 5.85. The Kier molecular flexibility index (Phi) is 93.3. The van der Waals surface area contributed by atoms with E-state index in [0.717, 1.165) is 50.1 Å². The van der Waals surface area contributed by atoms with Crippen LogP contribution in [0.15, 0.2) is 109 Å². The normalized spacial score (nSPS) is 11.7. The fourth-order valence-electron chi connectivity index (χ4n) is 10.8. The summed E-state index contributed by atoms with van der Waals surface area (Å²) in [6.45, 7) is 34.9. The lowest BCUT2D eigenvalue weighted by atomic mass is 10.1. The van der Waals surface area contributed by atoms with Crippen molar-refractivity contribution >= 4 is 35.9 Å². The summed E-state index contributed by atoms with van der Waals surface area (Å²) >= 11 is 0. The van der Waals surface area contributed by atoms with Gasteiger partial charge in [0.15, 0.2) is 61.1 Å². The average Bonchev–Trinajstić information content (AvgIpc) is 0.948. The lowest BCUT2D eigenvalue weighted by Crippen LogP contribution is -2.43. The number of hydrogen-bond donors (Lipinski definition) is 8. The van der Waals surface area contributed by atoms with Crippen molar-refractivity contribution in [2.75, 3.05) is 299 Å². The molecular weight excluding hydrogens is 1910 g/mol. The fourth-order valence-corrected chi connectivity index (χ4v) is 10.8. The van der Waals surface area contributed by atoms with E-state index in [9.17, 15) is 33.9 Å². The zero-order chi connectivity index (χ0) is 106. The lowest BCUT2D eigenvalue weighted by molar-refractivity contribution is -0.234. The number of nitrogens with one attached hydrogen (secondary N) is 6. The third-order valence-electron chi connectivity index (χ3n) is 17.7. The molecule has 0 aliphatic rings. The molecule has 2 atom stereocenters. The van der Waals surface area contributed by atoms with Crippen molar-refractivity contribution < 1.29 is 181 Å². The Bertz CT molecular complexity index is 3550. The fraction of sp³-hybridized carbons (Fsp3) is 0.703. The molecule has 0 aliphatic heterocycles. The number of rotatable bonds is 94. The van der Waals surface area contributed by atoms with Gasteiger partial charge < -0.3 is 174 Å². The molecule has 0 spiro atoms. The van der Waals surface area contributed by atoms with Crippen LogP contribution >= 0.6 is 0 Å². The first-order chi connectivity index (χ1) is 70.6.